The van der Waals surface area contributed by atoms with E-state index in [0.29, 0.717) is 48.4 Å². The minimum atomic E-state index is -1.01. The number of halogens is 1. The number of aryl methyl sites for hydroxylation is 1. The van der Waals surface area contributed by atoms with E-state index in [4.69, 9.17) is 0 Å². The number of ketones is 1. The number of rotatable bonds is 6. The molecule has 1 aliphatic heterocycles. The summed E-state index contributed by atoms with van der Waals surface area (Å²) in [4.78, 5) is 52.3. The standard InChI is InChI=1S/C25H31FN4O5/c1-14-12-18(6-7-19(14)26)27-23(34)20-15(2)21(29(5)16(20)3)22(33)24(35)28-25(13-31)8-10-30(11-9-25)17(4)32/h6-7,12,31H,8-11,13H2,1-5H3,(H,27,34)(H,28,35). The molecule has 1 fully saturated rings. The average Bonchev–Trinajstić information content (AvgIpc) is 3.03. The van der Waals surface area contributed by atoms with Crippen LogP contribution in [0.2, 0.25) is 0 Å². The van der Waals surface area contributed by atoms with Crippen LogP contribution in [0.15, 0.2) is 18.2 Å². The zero-order valence-electron chi connectivity index (χ0n) is 20.6. The van der Waals surface area contributed by atoms with Crippen LogP contribution in [0.3, 0.4) is 0 Å². The summed E-state index contributed by atoms with van der Waals surface area (Å²) < 4.78 is 15.1. The Morgan fingerprint density at radius 2 is 1.74 bits per heavy atom. The number of nitrogens with zero attached hydrogens (tertiary/aromatic N) is 2. The lowest BCUT2D eigenvalue weighted by Crippen LogP contribution is -2.59. The van der Waals surface area contributed by atoms with Gasteiger partial charge in [-0.25, -0.2) is 4.39 Å². The molecule has 188 valence electrons. The molecular weight excluding hydrogens is 455 g/mol. The van der Waals surface area contributed by atoms with Gasteiger partial charge < -0.3 is 25.2 Å². The topological polar surface area (TPSA) is 121 Å². The summed E-state index contributed by atoms with van der Waals surface area (Å²) in [5.74, 6) is -2.67. The highest BCUT2D eigenvalue weighted by molar-refractivity contribution is 6.43. The second-order valence-corrected chi connectivity index (χ2v) is 9.14. The van der Waals surface area contributed by atoms with Crippen molar-refractivity contribution in [2.45, 2.75) is 46.1 Å². The fraction of sp³-hybridized carbons (Fsp3) is 0.440. The Balaban J connectivity index is 1.82. The predicted octanol–water partition coefficient (Wildman–Crippen LogP) is 2.01. The third kappa shape index (κ3) is 5.12. The number of carbonyl (C=O) groups excluding carboxylic acids is 4. The number of Topliss-reactive ketones (excluding diaryl/α,β-unsaturated/α-hetero) is 1. The van der Waals surface area contributed by atoms with Gasteiger partial charge in [-0.05, 0) is 62.9 Å². The zero-order chi connectivity index (χ0) is 26.1. The number of benzene rings is 1. The average molecular weight is 487 g/mol. The van der Waals surface area contributed by atoms with Crippen molar-refractivity contribution in [2.75, 3.05) is 25.0 Å². The van der Waals surface area contributed by atoms with E-state index in [0.717, 1.165) is 0 Å². The summed E-state index contributed by atoms with van der Waals surface area (Å²) in [7, 11) is 1.59. The first-order valence-corrected chi connectivity index (χ1v) is 11.4. The van der Waals surface area contributed by atoms with Crippen LogP contribution >= 0.6 is 0 Å². The molecule has 1 aromatic heterocycles. The SMILES string of the molecule is CC(=O)N1CCC(CO)(NC(=O)C(=O)c2c(C)c(C(=O)Nc3ccc(F)c(C)c3)c(C)n2C)CC1. The molecule has 0 atom stereocenters. The molecule has 9 nitrogen and oxygen atoms in total. The maximum atomic E-state index is 13.6. The molecule has 0 aliphatic carbocycles. The Labute approximate surface area is 203 Å². The zero-order valence-corrected chi connectivity index (χ0v) is 20.6. The van der Waals surface area contributed by atoms with E-state index in [1.165, 1.54) is 29.7 Å². The van der Waals surface area contributed by atoms with E-state index in [9.17, 15) is 28.7 Å². The Kier molecular flexibility index (Phi) is 7.44. The number of aliphatic hydroxyl groups is 1. The van der Waals surface area contributed by atoms with Crippen LogP contribution in [0.1, 0.15) is 57.4 Å². The van der Waals surface area contributed by atoms with Crippen molar-refractivity contribution >= 4 is 29.2 Å². The Morgan fingerprint density at radius 3 is 2.29 bits per heavy atom. The van der Waals surface area contributed by atoms with Crippen molar-refractivity contribution in [1.82, 2.24) is 14.8 Å². The Hall–Kier alpha value is -3.53. The van der Waals surface area contributed by atoms with Crippen molar-refractivity contribution in [3.8, 4) is 0 Å². The number of hydrogen-bond donors (Lipinski definition) is 3. The number of hydrogen-bond acceptors (Lipinski definition) is 5. The van der Waals surface area contributed by atoms with Crippen LogP contribution < -0.4 is 10.6 Å². The number of anilines is 1. The molecule has 0 saturated carbocycles. The van der Waals surface area contributed by atoms with Gasteiger partial charge in [-0.15, -0.1) is 0 Å². The molecule has 35 heavy (non-hydrogen) atoms. The molecule has 10 heteroatoms. The van der Waals surface area contributed by atoms with Crippen LogP contribution in [0.4, 0.5) is 10.1 Å². The normalized spacial score (nSPS) is 15.0. The van der Waals surface area contributed by atoms with E-state index >= 15 is 0 Å². The van der Waals surface area contributed by atoms with E-state index in [-0.39, 0.29) is 29.6 Å². The van der Waals surface area contributed by atoms with Gasteiger partial charge in [0.1, 0.15) is 5.82 Å². The van der Waals surface area contributed by atoms with Crippen LogP contribution in [0.5, 0.6) is 0 Å². The first-order chi connectivity index (χ1) is 16.4. The van der Waals surface area contributed by atoms with Crippen molar-refractivity contribution in [1.29, 1.82) is 0 Å². The highest BCUT2D eigenvalue weighted by atomic mass is 19.1. The van der Waals surface area contributed by atoms with E-state index in [1.807, 2.05) is 0 Å². The van der Waals surface area contributed by atoms with Gasteiger partial charge in [-0.1, -0.05) is 0 Å². The Morgan fingerprint density at radius 1 is 1.11 bits per heavy atom. The minimum absolute atomic E-state index is 0.0645. The lowest BCUT2D eigenvalue weighted by atomic mass is 9.87. The fourth-order valence-electron chi connectivity index (χ4n) is 4.53. The van der Waals surface area contributed by atoms with Gasteiger partial charge in [-0.2, -0.15) is 0 Å². The highest BCUT2D eigenvalue weighted by Gasteiger charge is 2.38. The number of aliphatic hydroxyl groups excluding tert-OH is 1. The third-order valence-electron chi connectivity index (χ3n) is 6.84. The largest absolute Gasteiger partial charge is 0.394 e. The van der Waals surface area contributed by atoms with Crippen molar-refractivity contribution in [3.05, 3.63) is 52.1 Å². The van der Waals surface area contributed by atoms with E-state index < -0.39 is 23.1 Å². The highest BCUT2D eigenvalue weighted by Crippen LogP contribution is 2.26. The molecule has 0 bridgehead atoms. The molecule has 2 aromatic rings. The summed E-state index contributed by atoms with van der Waals surface area (Å²) in [6, 6.07) is 4.21. The first kappa shape index (κ1) is 26.1. The van der Waals surface area contributed by atoms with Crippen LogP contribution in [0, 0.1) is 26.6 Å². The minimum Gasteiger partial charge on any atom is -0.394 e. The quantitative estimate of drug-likeness (QED) is 0.426. The molecule has 3 N–H and O–H groups in total. The molecule has 2 heterocycles. The molecule has 3 rings (SSSR count). The fourth-order valence-corrected chi connectivity index (χ4v) is 4.53. The van der Waals surface area contributed by atoms with Crippen LogP contribution in [-0.4, -0.2) is 63.3 Å². The van der Waals surface area contributed by atoms with Gasteiger partial charge in [0.15, 0.2) is 0 Å². The molecule has 0 spiro atoms. The number of nitrogens with one attached hydrogen (secondary N) is 2. The molecule has 1 saturated heterocycles. The predicted molar refractivity (Wildman–Crippen MR) is 128 cm³/mol. The summed E-state index contributed by atoms with van der Waals surface area (Å²) in [6.45, 7) is 6.65. The monoisotopic (exact) mass is 486 g/mol. The summed E-state index contributed by atoms with van der Waals surface area (Å²) in [5.41, 5.74) is 0.917. The second kappa shape index (κ2) is 9.99. The van der Waals surface area contributed by atoms with Gasteiger partial charge in [0.2, 0.25) is 5.91 Å². The van der Waals surface area contributed by atoms with Gasteiger partial charge in [0.05, 0.1) is 23.4 Å². The number of amides is 3. The van der Waals surface area contributed by atoms with Crippen LogP contribution in [0.25, 0.3) is 0 Å². The van der Waals surface area contributed by atoms with Crippen molar-refractivity contribution in [3.63, 3.8) is 0 Å². The summed E-state index contributed by atoms with van der Waals surface area (Å²) in [6.07, 6.45) is 0.635. The number of carbonyl (C=O) groups is 4. The van der Waals surface area contributed by atoms with Gasteiger partial charge in [-0.3, -0.25) is 19.2 Å². The second-order valence-electron chi connectivity index (χ2n) is 9.14. The van der Waals surface area contributed by atoms with Crippen molar-refractivity contribution in [2.24, 2.45) is 7.05 Å². The van der Waals surface area contributed by atoms with Gasteiger partial charge in [0.25, 0.3) is 17.6 Å². The van der Waals surface area contributed by atoms with E-state index in [2.05, 4.69) is 10.6 Å². The third-order valence-corrected chi connectivity index (χ3v) is 6.84. The number of piperidine rings is 1. The maximum absolute atomic E-state index is 13.6. The summed E-state index contributed by atoms with van der Waals surface area (Å²) >= 11 is 0. The number of likely N-dealkylation sites (tertiary alicyclic amines) is 1. The van der Waals surface area contributed by atoms with Crippen molar-refractivity contribution < 1.29 is 28.7 Å². The Bertz CT molecular complexity index is 1190. The smallest absolute Gasteiger partial charge is 0.294 e. The first-order valence-electron chi connectivity index (χ1n) is 11.4. The molecule has 1 aliphatic rings. The molecule has 0 radical (unpaired) electrons. The maximum Gasteiger partial charge on any atom is 0.294 e. The van der Waals surface area contributed by atoms with Gasteiger partial charge >= 0.3 is 0 Å². The summed E-state index contributed by atoms with van der Waals surface area (Å²) in [5, 5.41) is 15.4. The van der Waals surface area contributed by atoms with Crippen LogP contribution in [-0.2, 0) is 16.6 Å². The lowest BCUT2D eigenvalue weighted by molar-refractivity contribution is -0.131. The molecule has 1 aromatic carbocycles. The van der Waals surface area contributed by atoms with Gasteiger partial charge in [0, 0.05) is 38.4 Å². The number of aromatic nitrogens is 1. The van der Waals surface area contributed by atoms with E-state index in [1.54, 1.807) is 32.7 Å². The lowest BCUT2D eigenvalue weighted by Gasteiger charge is -2.40. The molecular formula is C25H31FN4O5. The molecule has 0 unspecified atom stereocenters. The molecule has 3 amide bonds.